The van der Waals surface area contributed by atoms with Gasteiger partial charge < -0.3 is 4.57 Å². The van der Waals surface area contributed by atoms with E-state index < -0.39 is 10.0 Å². The van der Waals surface area contributed by atoms with Gasteiger partial charge in [-0.3, -0.25) is 4.31 Å². The summed E-state index contributed by atoms with van der Waals surface area (Å²) in [5.41, 5.74) is 1.41. The van der Waals surface area contributed by atoms with Gasteiger partial charge in [-0.25, -0.2) is 4.98 Å². The highest BCUT2D eigenvalue weighted by atomic mass is 35.5. The molecule has 0 aliphatic carbocycles. The molecule has 22 heavy (non-hydrogen) atoms. The molecule has 0 saturated heterocycles. The Hall–Kier alpha value is -1.53. The number of hydrogen-bond donors (Lipinski definition) is 0. The van der Waals surface area contributed by atoms with Gasteiger partial charge in [0.2, 0.25) is 0 Å². The molecular weight excluding hydrogens is 322 g/mol. The van der Waals surface area contributed by atoms with Crippen LogP contribution in [0.15, 0.2) is 35.7 Å². The molecule has 0 N–H and O–H groups in total. The minimum Gasteiger partial charge on any atom is -0.336 e. The Morgan fingerprint density at radius 3 is 2.64 bits per heavy atom. The third-order valence-electron chi connectivity index (χ3n) is 3.33. The fourth-order valence-corrected chi connectivity index (χ4v) is 3.35. The Balaban J connectivity index is 2.32. The van der Waals surface area contributed by atoms with Crippen LogP contribution in [0.1, 0.15) is 19.4 Å². The number of hydrogen-bond acceptors (Lipinski definition) is 3. The van der Waals surface area contributed by atoms with Gasteiger partial charge in [-0.1, -0.05) is 31.5 Å². The first-order chi connectivity index (χ1) is 10.2. The van der Waals surface area contributed by atoms with Crippen LogP contribution < -0.4 is 4.31 Å². The zero-order chi connectivity index (χ0) is 16.5. The number of nitrogens with zero attached hydrogens (tertiary/aromatic N) is 3. The molecule has 1 aromatic carbocycles. The molecule has 2 aromatic rings. The molecule has 0 atom stereocenters. The summed E-state index contributed by atoms with van der Waals surface area (Å²) in [5.74, 6) is 0.415. The van der Waals surface area contributed by atoms with Gasteiger partial charge in [0.25, 0.3) is 10.0 Å². The number of sulfonamides is 1. The molecule has 0 radical (unpaired) electrons. The normalized spacial score (nSPS) is 11.9. The third-order valence-corrected chi connectivity index (χ3v) is 5.41. The van der Waals surface area contributed by atoms with Crippen molar-refractivity contribution in [3.05, 3.63) is 41.3 Å². The molecule has 0 spiro atoms. The van der Waals surface area contributed by atoms with Gasteiger partial charge in [-0.2, -0.15) is 8.42 Å². The molecule has 1 heterocycles. The zero-order valence-electron chi connectivity index (χ0n) is 13.1. The van der Waals surface area contributed by atoms with Crippen LogP contribution in [0.3, 0.4) is 0 Å². The van der Waals surface area contributed by atoms with Gasteiger partial charge in [0.1, 0.15) is 0 Å². The van der Waals surface area contributed by atoms with E-state index in [9.17, 15) is 8.42 Å². The first-order valence-corrected chi connectivity index (χ1v) is 8.80. The molecule has 0 amide bonds. The number of anilines is 1. The minimum atomic E-state index is -3.69. The maximum atomic E-state index is 12.6. The SMILES string of the molecule is Cc1ccc(N(C)S(=O)(=O)c2cn(CC(C)C)cn2)cc1Cl. The number of rotatable bonds is 5. The Labute approximate surface area is 136 Å². The number of aryl methyl sites for hydroxylation is 1. The smallest absolute Gasteiger partial charge is 0.283 e. The van der Waals surface area contributed by atoms with Crippen LogP contribution in [0.5, 0.6) is 0 Å². The van der Waals surface area contributed by atoms with E-state index in [1.165, 1.54) is 11.4 Å². The van der Waals surface area contributed by atoms with Crippen molar-refractivity contribution in [2.24, 2.45) is 5.92 Å². The molecular formula is C15H20ClN3O2S. The fraction of sp³-hybridized carbons (Fsp3) is 0.400. The van der Waals surface area contributed by atoms with E-state index in [2.05, 4.69) is 18.8 Å². The molecule has 1 aromatic heterocycles. The largest absolute Gasteiger partial charge is 0.336 e. The van der Waals surface area contributed by atoms with Crippen LogP contribution in [0.2, 0.25) is 5.02 Å². The molecule has 0 aliphatic rings. The van der Waals surface area contributed by atoms with Gasteiger partial charge in [0.05, 0.1) is 12.0 Å². The van der Waals surface area contributed by atoms with Crippen LogP contribution >= 0.6 is 11.6 Å². The van der Waals surface area contributed by atoms with Crippen molar-refractivity contribution < 1.29 is 8.42 Å². The third kappa shape index (κ3) is 3.44. The van der Waals surface area contributed by atoms with Crippen LogP contribution in [0.4, 0.5) is 5.69 Å². The van der Waals surface area contributed by atoms with Gasteiger partial charge in [-0.05, 0) is 30.5 Å². The highest BCUT2D eigenvalue weighted by Crippen LogP contribution is 2.26. The molecule has 0 unspecified atom stereocenters. The molecule has 0 fully saturated rings. The Kier molecular flexibility index (Phi) is 4.82. The van der Waals surface area contributed by atoms with E-state index in [4.69, 9.17) is 11.6 Å². The summed E-state index contributed by atoms with van der Waals surface area (Å²) >= 11 is 6.07. The van der Waals surface area contributed by atoms with E-state index in [1.807, 2.05) is 6.92 Å². The second kappa shape index (κ2) is 6.30. The number of aromatic nitrogens is 2. The molecule has 7 heteroatoms. The predicted molar refractivity (Wildman–Crippen MR) is 88.8 cm³/mol. The summed E-state index contributed by atoms with van der Waals surface area (Å²) < 4.78 is 28.2. The van der Waals surface area contributed by atoms with E-state index >= 15 is 0 Å². The molecule has 0 aliphatic heterocycles. The summed E-state index contributed by atoms with van der Waals surface area (Å²) in [5, 5.41) is 0.567. The lowest BCUT2D eigenvalue weighted by Crippen LogP contribution is -2.26. The quantitative estimate of drug-likeness (QED) is 0.838. The van der Waals surface area contributed by atoms with Gasteiger partial charge in [-0.15, -0.1) is 0 Å². The van der Waals surface area contributed by atoms with Crippen molar-refractivity contribution in [1.29, 1.82) is 0 Å². The van der Waals surface area contributed by atoms with Crippen LogP contribution in [0, 0.1) is 12.8 Å². The highest BCUT2D eigenvalue weighted by molar-refractivity contribution is 7.92. The molecule has 2 rings (SSSR count). The molecule has 5 nitrogen and oxygen atoms in total. The average molecular weight is 342 g/mol. The van der Waals surface area contributed by atoms with E-state index in [1.54, 1.807) is 35.3 Å². The van der Waals surface area contributed by atoms with Crippen LogP contribution in [-0.4, -0.2) is 25.0 Å². The minimum absolute atomic E-state index is 0.0346. The average Bonchev–Trinajstić information content (AvgIpc) is 2.89. The van der Waals surface area contributed by atoms with Crippen LogP contribution in [0.25, 0.3) is 0 Å². The maximum Gasteiger partial charge on any atom is 0.283 e. The van der Waals surface area contributed by atoms with E-state index in [-0.39, 0.29) is 5.03 Å². The number of halogens is 1. The van der Waals surface area contributed by atoms with Crippen molar-refractivity contribution in [2.45, 2.75) is 32.3 Å². The van der Waals surface area contributed by atoms with E-state index in [0.29, 0.717) is 16.6 Å². The lowest BCUT2D eigenvalue weighted by molar-refractivity contribution is 0.522. The number of imidazole rings is 1. The summed E-state index contributed by atoms with van der Waals surface area (Å²) in [6.45, 7) is 6.72. The van der Waals surface area contributed by atoms with Crippen molar-refractivity contribution in [2.75, 3.05) is 11.4 Å². The lowest BCUT2D eigenvalue weighted by atomic mass is 10.2. The van der Waals surface area contributed by atoms with Gasteiger partial charge in [0, 0.05) is 24.8 Å². The van der Waals surface area contributed by atoms with Crippen molar-refractivity contribution in [3.63, 3.8) is 0 Å². The molecule has 120 valence electrons. The first kappa shape index (κ1) is 16.8. The Morgan fingerprint density at radius 2 is 2.05 bits per heavy atom. The van der Waals surface area contributed by atoms with Gasteiger partial charge >= 0.3 is 0 Å². The Morgan fingerprint density at radius 1 is 1.36 bits per heavy atom. The standard InChI is InChI=1S/C15H20ClN3O2S/c1-11(2)8-19-9-15(17-10-19)22(20,21)18(4)13-6-5-12(3)14(16)7-13/h5-7,9-11H,8H2,1-4H3. The number of benzene rings is 1. The van der Waals surface area contributed by atoms with Crippen molar-refractivity contribution in [3.8, 4) is 0 Å². The highest BCUT2D eigenvalue weighted by Gasteiger charge is 2.24. The molecule has 0 saturated carbocycles. The van der Waals surface area contributed by atoms with Crippen molar-refractivity contribution in [1.82, 2.24) is 9.55 Å². The zero-order valence-corrected chi connectivity index (χ0v) is 14.7. The lowest BCUT2D eigenvalue weighted by Gasteiger charge is -2.18. The predicted octanol–water partition coefficient (Wildman–Crippen LogP) is 3.33. The van der Waals surface area contributed by atoms with Gasteiger partial charge in [0.15, 0.2) is 5.03 Å². The summed E-state index contributed by atoms with van der Waals surface area (Å²) in [4.78, 5) is 4.03. The summed E-state index contributed by atoms with van der Waals surface area (Å²) in [7, 11) is -2.20. The topological polar surface area (TPSA) is 55.2 Å². The summed E-state index contributed by atoms with van der Waals surface area (Å²) in [6.07, 6.45) is 3.10. The fourth-order valence-electron chi connectivity index (χ4n) is 2.05. The van der Waals surface area contributed by atoms with Crippen molar-refractivity contribution >= 4 is 27.3 Å². The van der Waals surface area contributed by atoms with Crippen LogP contribution in [-0.2, 0) is 16.6 Å². The maximum absolute atomic E-state index is 12.6. The molecule has 0 bridgehead atoms. The first-order valence-electron chi connectivity index (χ1n) is 6.98. The second-order valence-electron chi connectivity index (χ2n) is 5.71. The monoisotopic (exact) mass is 341 g/mol. The van der Waals surface area contributed by atoms with E-state index in [0.717, 1.165) is 12.1 Å². The summed E-state index contributed by atoms with van der Waals surface area (Å²) in [6, 6.07) is 5.16. The Bertz CT molecular complexity index is 769. The second-order valence-corrected chi connectivity index (χ2v) is 8.03.